The number of nitrogens with zero attached hydrogens (tertiary/aromatic N) is 2. The molecule has 0 radical (unpaired) electrons. The number of amides is 2. The van der Waals surface area contributed by atoms with Crippen molar-refractivity contribution in [1.82, 2.24) is 10.0 Å². The molecule has 0 fully saturated rings. The van der Waals surface area contributed by atoms with Crippen LogP contribution in [0.4, 0.5) is 0 Å². The number of hydrazine groups is 1. The maximum atomic E-state index is 13.1. The van der Waals surface area contributed by atoms with Crippen molar-refractivity contribution in [2.24, 2.45) is 0 Å². The highest BCUT2D eigenvalue weighted by Gasteiger charge is 2.35. The Bertz CT molecular complexity index is 771. The van der Waals surface area contributed by atoms with E-state index in [1.54, 1.807) is 48.5 Å². The van der Waals surface area contributed by atoms with Gasteiger partial charge in [-0.15, -0.1) is 6.42 Å². The van der Waals surface area contributed by atoms with E-state index in [4.69, 9.17) is 6.42 Å². The van der Waals surface area contributed by atoms with Crippen molar-refractivity contribution in [3.05, 3.63) is 71.8 Å². The van der Waals surface area contributed by atoms with E-state index in [1.807, 2.05) is 32.9 Å². The number of rotatable bonds is 3. The molecule has 0 N–H and O–H groups in total. The van der Waals surface area contributed by atoms with E-state index in [-0.39, 0.29) is 18.4 Å². The minimum Gasteiger partial charge on any atom is -0.267 e. The van der Waals surface area contributed by atoms with Crippen molar-refractivity contribution in [2.45, 2.75) is 26.3 Å². The SMILES string of the molecule is C#CCN(C(=O)c1ccccc1)N(C(=O)c1ccccc1)C(C)(C)C. The number of carbonyl (C=O) groups is 2. The van der Waals surface area contributed by atoms with Gasteiger partial charge in [-0.05, 0) is 45.0 Å². The van der Waals surface area contributed by atoms with E-state index in [9.17, 15) is 9.59 Å². The summed E-state index contributed by atoms with van der Waals surface area (Å²) in [6.07, 6.45) is 5.48. The number of terminal acetylenes is 1. The fourth-order valence-corrected chi connectivity index (χ4v) is 2.53. The van der Waals surface area contributed by atoms with Gasteiger partial charge in [0.2, 0.25) is 0 Å². The summed E-state index contributed by atoms with van der Waals surface area (Å²) in [7, 11) is 0. The van der Waals surface area contributed by atoms with Crippen molar-refractivity contribution in [1.29, 1.82) is 0 Å². The molecule has 0 unspecified atom stereocenters. The molecule has 0 heterocycles. The van der Waals surface area contributed by atoms with Crippen LogP contribution in [0, 0.1) is 12.3 Å². The predicted octanol–water partition coefficient (Wildman–Crippen LogP) is 3.62. The lowest BCUT2D eigenvalue weighted by Crippen LogP contribution is -2.58. The van der Waals surface area contributed by atoms with Gasteiger partial charge in [-0.1, -0.05) is 42.3 Å². The average molecular weight is 334 g/mol. The van der Waals surface area contributed by atoms with Gasteiger partial charge in [0.25, 0.3) is 11.8 Å². The van der Waals surface area contributed by atoms with E-state index in [0.717, 1.165) is 0 Å². The number of hydrogen-bond acceptors (Lipinski definition) is 2. The minimum absolute atomic E-state index is 0.00354. The summed E-state index contributed by atoms with van der Waals surface area (Å²) in [5.74, 6) is 1.91. The molecule has 2 amide bonds. The fraction of sp³-hybridized carbons (Fsp3) is 0.238. The quantitative estimate of drug-likeness (QED) is 0.635. The van der Waals surface area contributed by atoms with E-state index in [0.29, 0.717) is 11.1 Å². The van der Waals surface area contributed by atoms with Gasteiger partial charge in [-0.25, -0.2) is 10.0 Å². The van der Waals surface area contributed by atoms with Crippen molar-refractivity contribution in [3.63, 3.8) is 0 Å². The molecule has 0 aliphatic carbocycles. The second-order valence-electron chi connectivity index (χ2n) is 6.59. The summed E-state index contributed by atoms with van der Waals surface area (Å²) < 4.78 is 0. The third kappa shape index (κ3) is 4.27. The molecule has 0 aliphatic rings. The number of benzene rings is 2. The lowest BCUT2D eigenvalue weighted by molar-refractivity contribution is -0.0371. The molecule has 4 nitrogen and oxygen atoms in total. The molecule has 0 aromatic heterocycles. The van der Waals surface area contributed by atoms with Crippen LogP contribution in [-0.2, 0) is 0 Å². The second kappa shape index (κ2) is 7.67. The Labute approximate surface area is 149 Å². The molecule has 2 rings (SSSR count). The summed E-state index contributed by atoms with van der Waals surface area (Å²) >= 11 is 0. The van der Waals surface area contributed by atoms with Gasteiger partial charge >= 0.3 is 0 Å². The lowest BCUT2D eigenvalue weighted by Gasteiger charge is -2.42. The molecule has 4 heteroatoms. The van der Waals surface area contributed by atoms with Crippen LogP contribution in [0.1, 0.15) is 41.5 Å². The van der Waals surface area contributed by atoms with Crippen LogP contribution in [0.25, 0.3) is 0 Å². The molecule has 0 saturated carbocycles. The zero-order valence-electron chi connectivity index (χ0n) is 14.8. The Balaban J connectivity index is 2.47. The Hall–Kier alpha value is -3.06. The predicted molar refractivity (Wildman–Crippen MR) is 98.7 cm³/mol. The van der Waals surface area contributed by atoms with Gasteiger partial charge in [0.15, 0.2) is 0 Å². The summed E-state index contributed by atoms with van der Waals surface area (Å²) in [5.41, 5.74) is 0.349. The molecule has 2 aromatic rings. The monoisotopic (exact) mass is 334 g/mol. The van der Waals surface area contributed by atoms with E-state index in [1.165, 1.54) is 10.0 Å². The largest absolute Gasteiger partial charge is 0.273 e. The summed E-state index contributed by atoms with van der Waals surface area (Å²) in [6, 6.07) is 17.7. The third-order valence-electron chi connectivity index (χ3n) is 3.59. The second-order valence-corrected chi connectivity index (χ2v) is 6.59. The van der Waals surface area contributed by atoms with Gasteiger partial charge in [0.05, 0.1) is 5.54 Å². The Kier molecular flexibility index (Phi) is 5.61. The zero-order valence-corrected chi connectivity index (χ0v) is 14.8. The lowest BCUT2D eigenvalue weighted by atomic mass is 10.1. The van der Waals surface area contributed by atoms with Gasteiger partial charge in [-0.2, -0.15) is 0 Å². The maximum Gasteiger partial charge on any atom is 0.273 e. The minimum atomic E-state index is -0.631. The van der Waals surface area contributed by atoms with Gasteiger partial charge < -0.3 is 0 Å². The average Bonchev–Trinajstić information content (AvgIpc) is 2.61. The normalized spacial score (nSPS) is 10.6. The van der Waals surface area contributed by atoms with Crippen LogP contribution in [0.5, 0.6) is 0 Å². The van der Waals surface area contributed by atoms with Gasteiger partial charge in [0.1, 0.15) is 6.54 Å². The standard InChI is InChI=1S/C21H22N2O2/c1-5-16-22(19(24)17-12-8-6-9-13-17)23(21(2,3)4)20(25)18-14-10-7-11-15-18/h1,6-15H,16H2,2-4H3. The Morgan fingerprint density at radius 2 is 1.32 bits per heavy atom. The van der Waals surface area contributed by atoms with Crippen molar-refractivity contribution in [2.75, 3.05) is 6.54 Å². The molecule has 0 bridgehead atoms. The summed E-state index contributed by atoms with van der Waals surface area (Å²) in [6.45, 7) is 5.62. The molecule has 128 valence electrons. The van der Waals surface area contributed by atoms with Crippen molar-refractivity contribution in [3.8, 4) is 12.3 Å². The topological polar surface area (TPSA) is 40.6 Å². The highest BCUT2D eigenvalue weighted by Crippen LogP contribution is 2.22. The molecule has 2 aromatic carbocycles. The van der Waals surface area contributed by atoms with Crippen LogP contribution >= 0.6 is 0 Å². The van der Waals surface area contributed by atoms with Crippen molar-refractivity contribution >= 4 is 11.8 Å². The van der Waals surface area contributed by atoms with Crippen molar-refractivity contribution < 1.29 is 9.59 Å². The van der Waals surface area contributed by atoms with Gasteiger partial charge in [0, 0.05) is 11.1 Å². The van der Waals surface area contributed by atoms with Crippen LogP contribution in [-0.4, -0.2) is 33.9 Å². The molecular formula is C21H22N2O2. The third-order valence-corrected chi connectivity index (χ3v) is 3.59. The van der Waals surface area contributed by atoms with Crippen LogP contribution in [0.2, 0.25) is 0 Å². The highest BCUT2D eigenvalue weighted by molar-refractivity contribution is 5.99. The zero-order chi connectivity index (χ0) is 18.4. The molecule has 25 heavy (non-hydrogen) atoms. The van der Waals surface area contributed by atoms with E-state index in [2.05, 4.69) is 5.92 Å². The first-order valence-corrected chi connectivity index (χ1v) is 8.06. The van der Waals surface area contributed by atoms with Crippen LogP contribution in [0.3, 0.4) is 0 Å². The molecule has 0 aliphatic heterocycles. The van der Waals surface area contributed by atoms with Crippen LogP contribution in [0.15, 0.2) is 60.7 Å². The first-order chi connectivity index (χ1) is 11.9. The number of carbonyl (C=O) groups excluding carboxylic acids is 2. The Morgan fingerprint density at radius 1 is 0.880 bits per heavy atom. The first kappa shape index (κ1) is 18.3. The molecule has 0 saturated heterocycles. The smallest absolute Gasteiger partial charge is 0.267 e. The fourth-order valence-electron chi connectivity index (χ4n) is 2.53. The summed E-state index contributed by atoms with van der Waals surface area (Å²) in [5, 5.41) is 2.78. The summed E-state index contributed by atoms with van der Waals surface area (Å²) in [4.78, 5) is 26.1. The molecule has 0 atom stereocenters. The van der Waals surface area contributed by atoms with Crippen LogP contribution < -0.4 is 0 Å². The highest BCUT2D eigenvalue weighted by atomic mass is 16.2. The van der Waals surface area contributed by atoms with E-state index >= 15 is 0 Å². The number of hydrogen-bond donors (Lipinski definition) is 0. The van der Waals surface area contributed by atoms with Gasteiger partial charge in [-0.3, -0.25) is 9.59 Å². The molecular weight excluding hydrogens is 312 g/mol. The Morgan fingerprint density at radius 3 is 1.72 bits per heavy atom. The maximum absolute atomic E-state index is 13.1. The van der Waals surface area contributed by atoms with E-state index < -0.39 is 5.54 Å². The first-order valence-electron chi connectivity index (χ1n) is 8.06. The molecule has 0 spiro atoms.